The van der Waals surface area contributed by atoms with Gasteiger partial charge in [0, 0.05) is 23.2 Å². The summed E-state index contributed by atoms with van der Waals surface area (Å²) in [5, 5.41) is 6.37. The van der Waals surface area contributed by atoms with Gasteiger partial charge in [0.2, 0.25) is 0 Å². The van der Waals surface area contributed by atoms with Crippen molar-refractivity contribution >= 4 is 36.4 Å². The van der Waals surface area contributed by atoms with Gasteiger partial charge in [-0.05, 0) is 12.8 Å². The summed E-state index contributed by atoms with van der Waals surface area (Å²) in [5.41, 5.74) is 0. The number of carbonyl (C=O) groups is 2. The number of amides is 2. The zero-order valence-corrected chi connectivity index (χ0v) is 12.5. The van der Waals surface area contributed by atoms with Gasteiger partial charge in [-0.1, -0.05) is 6.42 Å². The van der Waals surface area contributed by atoms with Crippen molar-refractivity contribution in [3.05, 3.63) is 0 Å². The molecule has 7 heteroatoms. The van der Waals surface area contributed by atoms with Crippen LogP contribution in [0.15, 0.2) is 0 Å². The summed E-state index contributed by atoms with van der Waals surface area (Å²) < 4.78 is 4.96. The molecular formula is C12H20N2O3S2. The Morgan fingerprint density at radius 3 is 3.05 bits per heavy atom. The Balaban J connectivity index is 1.59. The largest absolute Gasteiger partial charge is 0.465 e. The van der Waals surface area contributed by atoms with E-state index in [1.54, 1.807) is 0 Å². The molecule has 0 saturated carbocycles. The number of rotatable bonds is 7. The van der Waals surface area contributed by atoms with Crippen LogP contribution in [0.3, 0.4) is 0 Å². The summed E-state index contributed by atoms with van der Waals surface area (Å²) in [5.74, 6) is 1.42. The first-order valence-electron chi connectivity index (χ1n) is 6.66. The molecule has 2 aliphatic heterocycles. The van der Waals surface area contributed by atoms with Gasteiger partial charge < -0.3 is 15.4 Å². The molecule has 0 aromatic rings. The van der Waals surface area contributed by atoms with Crippen molar-refractivity contribution in [1.82, 2.24) is 10.6 Å². The average molecular weight is 304 g/mol. The highest BCUT2D eigenvalue weighted by atomic mass is 32.2. The van der Waals surface area contributed by atoms with Crippen LogP contribution in [-0.4, -0.2) is 47.4 Å². The Kier molecular flexibility index (Phi) is 5.69. The van der Waals surface area contributed by atoms with E-state index in [0.717, 1.165) is 25.0 Å². The van der Waals surface area contributed by atoms with Crippen molar-refractivity contribution in [3.63, 3.8) is 0 Å². The molecule has 0 spiro atoms. The fraction of sp³-hybridized carbons (Fsp3) is 0.833. The smallest absolute Gasteiger partial charge is 0.315 e. The Morgan fingerprint density at radius 1 is 1.42 bits per heavy atom. The molecule has 3 atom stereocenters. The highest BCUT2D eigenvalue weighted by molar-refractivity contribution is 8.00. The third kappa shape index (κ3) is 4.21. The molecule has 2 saturated heterocycles. The van der Waals surface area contributed by atoms with Gasteiger partial charge in [-0.25, -0.2) is 4.79 Å². The van der Waals surface area contributed by atoms with Crippen LogP contribution >= 0.6 is 24.4 Å². The number of urea groups is 1. The van der Waals surface area contributed by atoms with Gasteiger partial charge in [0.25, 0.3) is 0 Å². The van der Waals surface area contributed by atoms with Crippen molar-refractivity contribution in [2.75, 3.05) is 18.1 Å². The standard InChI is InChI=1S/C12H20N2O3S2/c15-10(17-5-6-18)4-2-1-3-9-11-8(7-19-9)13-12(16)14-11/h8-9,11,18H,1-7H2,(H2,13,14,16)/t8-,9-,11-/m0/s1. The molecule has 0 aromatic heterocycles. The van der Waals surface area contributed by atoms with E-state index in [-0.39, 0.29) is 24.1 Å². The summed E-state index contributed by atoms with van der Waals surface area (Å²) in [4.78, 5) is 22.5. The van der Waals surface area contributed by atoms with Gasteiger partial charge in [-0.15, -0.1) is 0 Å². The summed E-state index contributed by atoms with van der Waals surface area (Å²) in [7, 11) is 0. The van der Waals surface area contributed by atoms with Crippen LogP contribution in [0.5, 0.6) is 0 Å². The molecule has 2 N–H and O–H groups in total. The van der Waals surface area contributed by atoms with E-state index in [9.17, 15) is 9.59 Å². The summed E-state index contributed by atoms with van der Waals surface area (Å²) in [6.07, 6.45) is 3.35. The predicted molar refractivity (Wildman–Crippen MR) is 78.8 cm³/mol. The van der Waals surface area contributed by atoms with Crippen molar-refractivity contribution in [3.8, 4) is 0 Å². The molecule has 108 valence electrons. The molecule has 0 aromatic carbocycles. The number of hydrogen-bond donors (Lipinski definition) is 3. The number of esters is 1. The first kappa shape index (κ1) is 14.8. The predicted octanol–water partition coefficient (Wildman–Crippen LogP) is 1.19. The van der Waals surface area contributed by atoms with Crippen LogP contribution in [0.4, 0.5) is 4.79 Å². The maximum atomic E-state index is 11.3. The minimum atomic E-state index is -0.137. The van der Waals surface area contributed by atoms with Crippen LogP contribution in [0.25, 0.3) is 0 Å². The molecule has 0 bridgehead atoms. The van der Waals surface area contributed by atoms with E-state index in [1.807, 2.05) is 11.8 Å². The molecule has 5 nitrogen and oxygen atoms in total. The van der Waals surface area contributed by atoms with Crippen LogP contribution in [0.1, 0.15) is 25.7 Å². The lowest BCUT2D eigenvalue weighted by molar-refractivity contribution is -0.143. The van der Waals surface area contributed by atoms with E-state index < -0.39 is 0 Å². The molecule has 2 rings (SSSR count). The Hall–Kier alpha value is -0.560. The third-order valence-electron chi connectivity index (χ3n) is 3.41. The summed E-state index contributed by atoms with van der Waals surface area (Å²) in [6.45, 7) is 0.391. The molecule has 2 heterocycles. The van der Waals surface area contributed by atoms with Crippen molar-refractivity contribution in [1.29, 1.82) is 0 Å². The maximum Gasteiger partial charge on any atom is 0.315 e. The fourth-order valence-electron chi connectivity index (χ4n) is 2.49. The lowest BCUT2D eigenvalue weighted by atomic mass is 10.0. The fourth-order valence-corrected chi connectivity index (χ4v) is 4.12. The molecule has 0 radical (unpaired) electrons. The normalized spacial score (nSPS) is 28.7. The van der Waals surface area contributed by atoms with Crippen LogP contribution in [-0.2, 0) is 9.53 Å². The average Bonchev–Trinajstić information content (AvgIpc) is 2.92. The SMILES string of the molecule is O=C1N[C@H]2[C@H](CS[C@H]2CCCCC(=O)OCCS)N1. The number of hydrogen-bond acceptors (Lipinski definition) is 5. The van der Waals surface area contributed by atoms with E-state index >= 15 is 0 Å². The first-order chi connectivity index (χ1) is 9.20. The summed E-state index contributed by atoms with van der Waals surface area (Å²) in [6, 6.07) is 0.493. The van der Waals surface area contributed by atoms with Crippen molar-refractivity contribution in [2.24, 2.45) is 0 Å². The molecule has 2 aliphatic rings. The van der Waals surface area contributed by atoms with Gasteiger partial charge in [0.15, 0.2) is 0 Å². The van der Waals surface area contributed by atoms with E-state index in [0.29, 0.717) is 24.0 Å². The van der Waals surface area contributed by atoms with Crippen LogP contribution in [0.2, 0.25) is 0 Å². The quantitative estimate of drug-likeness (QED) is 0.286. The number of thioether (sulfide) groups is 1. The number of unbranched alkanes of at least 4 members (excludes halogenated alkanes) is 1. The molecule has 2 amide bonds. The molecule has 19 heavy (non-hydrogen) atoms. The first-order valence-corrected chi connectivity index (χ1v) is 8.34. The van der Waals surface area contributed by atoms with Gasteiger partial charge in [-0.2, -0.15) is 24.4 Å². The minimum Gasteiger partial charge on any atom is -0.465 e. The van der Waals surface area contributed by atoms with Gasteiger partial charge >= 0.3 is 12.0 Å². The highest BCUT2D eigenvalue weighted by Crippen LogP contribution is 2.33. The van der Waals surface area contributed by atoms with Gasteiger partial charge in [-0.3, -0.25) is 4.79 Å². The number of carbonyl (C=O) groups excluding carboxylic acids is 2. The van der Waals surface area contributed by atoms with Gasteiger partial charge in [0.05, 0.1) is 12.1 Å². The monoisotopic (exact) mass is 304 g/mol. The van der Waals surface area contributed by atoms with E-state index in [4.69, 9.17) is 4.74 Å². The van der Waals surface area contributed by atoms with E-state index in [1.165, 1.54) is 0 Å². The lowest BCUT2D eigenvalue weighted by Gasteiger charge is -2.16. The molecular weight excluding hydrogens is 284 g/mol. The van der Waals surface area contributed by atoms with E-state index in [2.05, 4.69) is 23.3 Å². The van der Waals surface area contributed by atoms with Crippen molar-refractivity contribution < 1.29 is 14.3 Å². The van der Waals surface area contributed by atoms with Crippen LogP contribution in [0, 0.1) is 0 Å². The Labute approximate surface area is 123 Å². The Morgan fingerprint density at radius 2 is 2.26 bits per heavy atom. The lowest BCUT2D eigenvalue weighted by Crippen LogP contribution is -2.36. The zero-order valence-electron chi connectivity index (χ0n) is 10.8. The Bertz CT molecular complexity index is 341. The third-order valence-corrected chi connectivity index (χ3v) is 5.10. The second kappa shape index (κ2) is 7.28. The number of ether oxygens (including phenoxy) is 1. The molecule has 0 aliphatic carbocycles. The van der Waals surface area contributed by atoms with Gasteiger partial charge in [0.1, 0.15) is 6.61 Å². The highest BCUT2D eigenvalue weighted by Gasteiger charge is 2.42. The zero-order chi connectivity index (χ0) is 13.7. The molecule has 0 unspecified atom stereocenters. The maximum absolute atomic E-state index is 11.3. The van der Waals surface area contributed by atoms with Crippen LogP contribution < -0.4 is 10.6 Å². The topological polar surface area (TPSA) is 67.4 Å². The molecule has 2 fully saturated rings. The number of thiol groups is 1. The second-order valence-electron chi connectivity index (χ2n) is 4.81. The second-order valence-corrected chi connectivity index (χ2v) is 6.53. The number of fused-ring (bicyclic) bond motifs is 1. The summed E-state index contributed by atoms with van der Waals surface area (Å²) >= 11 is 5.89. The minimum absolute atomic E-state index is 0.0457. The van der Waals surface area contributed by atoms with Crippen molar-refractivity contribution in [2.45, 2.75) is 43.0 Å². The number of nitrogens with one attached hydrogen (secondary N) is 2.